The fraction of sp³-hybridized carbons (Fsp3) is 0.455. The van der Waals surface area contributed by atoms with Gasteiger partial charge in [0.2, 0.25) is 0 Å². The molecule has 0 spiro atoms. The molecule has 1 unspecified atom stereocenters. The molecule has 0 heterocycles. The van der Waals surface area contributed by atoms with Crippen molar-refractivity contribution in [2.45, 2.75) is 50.2 Å². The Labute approximate surface area is 179 Å². The normalized spacial score (nSPS) is 12.6. The van der Waals surface area contributed by atoms with E-state index in [9.17, 15) is 8.42 Å². The molecule has 2 aromatic rings. The quantitative estimate of drug-likeness (QED) is 0.402. The summed E-state index contributed by atoms with van der Waals surface area (Å²) in [5, 5.41) is 3.85. The Bertz CT molecular complexity index is 931. The summed E-state index contributed by atoms with van der Waals surface area (Å²) in [6.45, 7) is 5.24. The lowest BCUT2D eigenvalue weighted by Gasteiger charge is -2.26. The summed E-state index contributed by atoms with van der Waals surface area (Å²) in [6.07, 6.45) is 4.61. The minimum Gasteiger partial charge on any atom is -0.374 e. The van der Waals surface area contributed by atoms with E-state index >= 15 is 0 Å². The van der Waals surface area contributed by atoms with Crippen LogP contribution in [0.5, 0.6) is 0 Å². The highest BCUT2D eigenvalue weighted by molar-refractivity contribution is 7.90. The van der Waals surface area contributed by atoms with E-state index in [1.54, 1.807) is 36.4 Å². The van der Waals surface area contributed by atoms with Crippen molar-refractivity contribution < 1.29 is 8.42 Å². The Hall–Kier alpha value is -1.92. The van der Waals surface area contributed by atoms with Gasteiger partial charge < -0.3 is 4.90 Å². The molecule has 0 radical (unpaired) electrons. The average Bonchev–Trinajstić information content (AvgIpc) is 2.72. The van der Waals surface area contributed by atoms with E-state index < -0.39 is 9.84 Å². The molecular formula is C22H30ClN3O2S. The number of rotatable bonds is 11. The third-order valence-electron chi connectivity index (χ3n) is 5.22. The Morgan fingerprint density at radius 3 is 2.52 bits per heavy atom. The van der Waals surface area contributed by atoms with Crippen LogP contribution in [0.25, 0.3) is 0 Å². The Balaban J connectivity index is 2.32. The van der Waals surface area contributed by atoms with E-state index in [2.05, 4.69) is 23.9 Å². The third-order valence-corrected chi connectivity index (χ3v) is 7.28. The number of sulfone groups is 1. The summed E-state index contributed by atoms with van der Waals surface area (Å²) in [6, 6.07) is 12.0. The van der Waals surface area contributed by atoms with Gasteiger partial charge in [-0.1, -0.05) is 62.9 Å². The van der Waals surface area contributed by atoms with E-state index in [1.807, 2.05) is 13.1 Å². The van der Waals surface area contributed by atoms with Crippen LogP contribution < -0.4 is 4.90 Å². The summed E-state index contributed by atoms with van der Waals surface area (Å²) in [5.41, 5.74) is 8.90. The van der Waals surface area contributed by atoms with Gasteiger partial charge in [0.25, 0.3) is 0 Å². The van der Waals surface area contributed by atoms with E-state index in [0.29, 0.717) is 16.5 Å². The van der Waals surface area contributed by atoms with Gasteiger partial charge in [0, 0.05) is 24.3 Å². The van der Waals surface area contributed by atoms with Crippen molar-refractivity contribution in [2.24, 2.45) is 11.0 Å². The lowest BCUT2D eigenvalue weighted by atomic mass is 9.98. The summed E-state index contributed by atoms with van der Waals surface area (Å²) >= 11 is 6.15. The Kier molecular flexibility index (Phi) is 8.65. The maximum absolute atomic E-state index is 13.1. The molecule has 158 valence electrons. The van der Waals surface area contributed by atoms with Crippen LogP contribution in [-0.4, -0.2) is 22.0 Å². The van der Waals surface area contributed by atoms with Crippen LogP contribution in [0.4, 0.5) is 11.4 Å². The van der Waals surface area contributed by atoms with Crippen molar-refractivity contribution in [1.82, 2.24) is 0 Å². The Morgan fingerprint density at radius 1 is 1.17 bits per heavy atom. The van der Waals surface area contributed by atoms with Crippen LogP contribution in [-0.2, 0) is 15.6 Å². The number of hydrogen-bond donors (Lipinski definition) is 1. The zero-order valence-electron chi connectivity index (χ0n) is 17.4. The molecular weight excluding hydrogens is 406 g/mol. The van der Waals surface area contributed by atoms with Crippen molar-refractivity contribution in [3.8, 4) is 0 Å². The number of nitrogens with zero attached hydrogens (tertiary/aromatic N) is 2. The van der Waals surface area contributed by atoms with Gasteiger partial charge in [-0.15, -0.1) is 0 Å². The molecule has 0 saturated heterocycles. The molecule has 0 saturated carbocycles. The van der Waals surface area contributed by atoms with Crippen LogP contribution in [0.3, 0.4) is 0 Å². The van der Waals surface area contributed by atoms with Crippen molar-refractivity contribution >= 4 is 32.8 Å². The lowest BCUT2D eigenvalue weighted by Crippen LogP contribution is -2.25. The minimum atomic E-state index is -3.71. The fourth-order valence-electron chi connectivity index (χ4n) is 3.39. The van der Waals surface area contributed by atoms with Crippen LogP contribution >= 0.6 is 11.6 Å². The molecule has 0 aliphatic carbocycles. The maximum Gasteiger partial charge on any atom is 0.184 e. The van der Waals surface area contributed by atoms with Gasteiger partial charge in [-0.25, -0.2) is 13.9 Å². The van der Waals surface area contributed by atoms with Gasteiger partial charge in [-0.3, -0.25) is 0 Å². The van der Waals surface area contributed by atoms with Crippen molar-refractivity contribution in [2.75, 3.05) is 18.5 Å². The second-order valence-corrected chi connectivity index (χ2v) is 9.78. The minimum absolute atomic E-state index is 0.0679. The molecule has 0 aromatic heterocycles. The topological polar surface area (TPSA) is 73.6 Å². The summed E-state index contributed by atoms with van der Waals surface area (Å²) < 4.78 is 26.2. The number of benzene rings is 2. The van der Waals surface area contributed by atoms with Crippen molar-refractivity contribution in [3.63, 3.8) is 0 Å². The van der Waals surface area contributed by atoms with Gasteiger partial charge in [0.05, 0.1) is 10.6 Å². The van der Waals surface area contributed by atoms with Crippen LogP contribution in [0.2, 0.25) is 5.02 Å². The second-order valence-electron chi connectivity index (χ2n) is 7.41. The smallest absolute Gasteiger partial charge is 0.184 e. The number of unbranched alkanes of at least 4 members (excludes halogenated alkanes) is 1. The number of nitrogens with one attached hydrogen (secondary N) is 1. The van der Waals surface area contributed by atoms with Crippen molar-refractivity contribution in [3.05, 3.63) is 53.1 Å². The SMILES string of the molecule is CCCCC(CC)CN(C)c1ccc(N=N)c(S(=O)(=O)Cc2ccccc2Cl)c1. The van der Waals surface area contributed by atoms with Gasteiger partial charge in [-0.05, 0) is 42.2 Å². The molecule has 7 heteroatoms. The van der Waals surface area contributed by atoms with Gasteiger partial charge in [0.1, 0.15) is 5.69 Å². The first kappa shape index (κ1) is 23.4. The van der Waals surface area contributed by atoms with Crippen LogP contribution in [0.1, 0.15) is 45.1 Å². The predicted octanol–water partition coefficient (Wildman–Crippen LogP) is 6.63. The summed E-state index contributed by atoms with van der Waals surface area (Å²) in [5.74, 6) is 0.333. The average molecular weight is 436 g/mol. The molecule has 29 heavy (non-hydrogen) atoms. The van der Waals surface area contributed by atoms with E-state index in [-0.39, 0.29) is 16.3 Å². The fourth-order valence-corrected chi connectivity index (χ4v) is 5.22. The zero-order valence-corrected chi connectivity index (χ0v) is 18.9. The molecule has 0 fully saturated rings. The summed E-state index contributed by atoms with van der Waals surface area (Å²) in [7, 11) is -1.73. The molecule has 0 aliphatic heterocycles. The number of anilines is 1. The highest BCUT2D eigenvalue weighted by Crippen LogP contribution is 2.32. The highest BCUT2D eigenvalue weighted by atomic mass is 35.5. The Morgan fingerprint density at radius 2 is 1.90 bits per heavy atom. The molecule has 1 atom stereocenters. The standard InChI is InChI=1S/C22H30ClN3O2S/c1-4-6-9-17(5-2)15-26(3)19-12-13-21(25-24)22(14-19)29(27,28)16-18-10-7-8-11-20(18)23/h7-8,10-14,17,24H,4-6,9,15-16H2,1-3H3. The first-order valence-corrected chi connectivity index (χ1v) is 12.0. The monoisotopic (exact) mass is 435 g/mol. The molecule has 2 aromatic carbocycles. The third kappa shape index (κ3) is 6.28. The molecule has 0 amide bonds. The van der Waals surface area contributed by atoms with E-state index in [1.165, 1.54) is 12.8 Å². The van der Waals surface area contributed by atoms with E-state index in [4.69, 9.17) is 17.1 Å². The molecule has 0 aliphatic rings. The first-order valence-electron chi connectivity index (χ1n) is 10.0. The van der Waals surface area contributed by atoms with Gasteiger partial charge in [0.15, 0.2) is 9.84 Å². The lowest BCUT2D eigenvalue weighted by molar-refractivity contribution is 0.453. The number of hydrogen-bond acceptors (Lipinski definition) is 5. The second kappa shape index (κ2) is 10.7. The first-order chi connectivity index (χ1) is 13.8. The van der Waals surface area contributed by atoms with Gasteiger partial charge in [-0.2, -0.15) is 5.11 Å². The number of halogens is 1. The predicted molar refractivity (Wildman–Crippen MR) is 120 cm³/mol. The summed E-state index contributed by atoms with van der Waals surface area (Å²) in [4.78, 5) is 2.16. The van der Waals surface area contributed by atoms with Gasteiger partial charge >= 0.3 is 0 Å². The molecule has 1 N–H and O–H groups in total. The maximum atomic E-state index is 13.1. The van der Waals surface area contributed by atoms with Crippen molar-refractivity contribution in [1.29, 1.82) is 5.53 Å². The van der Waals surface area contributed by atoms with E-state index in [0.717, 1.165) is 25.1 Å². The highest BCUT2D eigenvalue weighted by Gasteiger charge is 2.22. The largest absolute Gasteiger partial charge is 0.374 e. The zero-order chi connectivity index (χ0) is 21.4. The molecule has 2 rings (SSSR count). The van der Waals surface area contributed by atoms with Crippen LogP contribution in [0, 0.1) is 11.4 Å². The molecule has 5 nitrogen and oxygen atoms in total. The molecule has 0 bridgehead atoms. The van der Waals surface area contributed by atoms with Crippen LogP contribution in [0.15, 0.2) is 52.5 Å².